The molecule has 0 saturated carbocycles. The Morgan fingerprint density at radius 1 is 0.880 bits per heavy atom. The van der Waals surface area contributed by atoms with Gasteiger partial charge in [-0.3, -0.25) is 0 Å². The SMILES string of the molecule is Cc1cc(C)c(C)c(-c2c3c(ccc4c(F)cccc43)cc[n+]2C)c1. The summed E-state index contributed by atoms with van der Waals surface area (Å²) in [5.41, 5.74) is 6.13. The molecule has 0 fully saturated rings. The zero-order valence-electron chi connectivity index (χ0n) is 15.0. The molecule has 1 heterocycles. The fourth-order valence-corrected chi connectivity index (χ4v) is 3.79. The highest BCUT2D eigenvalue weighted by molar-refractivity contribution is 6.12. The number of hydrogen-bond donors (Lipinski definition) is 0. The first kappa shape index (κ1) is 15.8. The van der Waals surface area contributed by atoms with E-state index in [0.717, 1.165) is 21.9 Å². The van der Waals surface area contributed by atoms with E-state index in [1.54, 1.807) is 6.07 Å². The van der Waals surface area contributed by atoms with Gasteiger partial charge in [0.05, 0.1) is 10.9 Å². The second-order valence-corrected chi connectivity index (χ2v) is 6.89. The summed E-state index contributed by atoms with van der Waals surface area (Å²) in [6.07, 6.45) is 2.08. The van der Waals surface area contributed by atoms with Crippen molar-refractivity contribution in [3.8, 4) is 11.3 Å². The number of nitrogens with zero attached hydrogens (tertiary/aromatic N) is 1. The zero-order valence-corrected chi connectivity index (χ0v) is 15.0. The molecule has 0 unspecified atom stereocenters. The van der Waals surface area contributed by atoms with Crippen LogP contribution >= 0.6 is 0 Å². The molecule has 2 heteroatoms. The molecule has 0 radical (unpaired) electrons. The van der Waals surface area contributed by atoms with Gasteiger partial charge in [-0.25, -0.2) is 8.96 Å². The highest BCUT2D eigenvalue weighted by Crippen LogP contribution is 2.35. The first-order chi connectivity index (χ1) is 12.0. The fraction of sp³-hybridized carbons (Fsp3) is 0.174. The third kappa shape index (κ3) is 2.41. The standard InChI is InChI=1S/C23H21FN/c1-14-12-15(2)16(3)20(13-14)23-22-17(10-11-25(23)4)8-9-18-19(22)6-5-7-21(18)24/h5-13H,1-4H3/q+1. The lowest BCUT2D eigenvalue weighted by atomic mass is 9.92. The molecule has 4 aromatic rings. The number of fused-ring (bicyclic) bond motifs is 3. The predicted octanol–water partition coefficient (Wildman–Crippen LogP) is 5.55. The molecular formula is C23H21FN+. The molecule has 1 aromatic heterocycles. The van der Waals surface area contributed by atoms with Crippen LogP contribution in [0.15, 0.2) is 54.7 Å². The van der Waals surface area contributed by atoms with Gasteiger partial charge in [-0.15, -0.1) is 0 Å². The van der Waals surface area contributed by atoms with Gasteiger partial charge in [0.2, 0.25) is 5.69 Å². The van der Waals surface area contributed by atoms with Crippen LogP contribution in [0.1, 0.15) is 16.7 Å². The van der Waals surface area contributed by atoms with Crippen molar-refractivity contribution in [2.24, 2.45) is 7.05 Å². The van der Waals surface area contributed by atoms with Crippen molar-refractivity contribution in [3.63, 3.8) is 0 Å². The number of aromatic nitrogens is 1. The van der Waals surface area contributed by atoms with Crippen LogP contribution < -0.4 is 4.57 Å². The molecule has 0 N–H and O–H groups in total. The van der Waals surface area contributed by atoms with Crippen LogP contribution in [0.4, 0.5) is 4.39 Å². The molecular weight excluding hydrogens is 309 g/mol. The Bertz CT molecular complexity index is 1140. The second kappa shape index (κ2) is 5.66. The van der Waals surface area contributed by atoms with Crippen LogP contribution in [0.5, 0.6) is 0 Å². The van der Waals surface area contributed by atoms with Crippen LogP contribution in [-0.2, 0) is 7.05 Å². The van der Waals surface area contributed by atoms with Crippen molar-refractivity contribution >= 4 is 21.5 Å². The molecule has 4 rings (SSSR count). The average Bonchev–Trinajstić information content (AvgIpc) is 2.58. The van der Waals surface area contributed by atoms with Crippen molar-refractivity contribution in [1.82, 2.24) is 0 Å². The minimum absolute atomic E-state index is 0.172. The number of rotatable bonds is 1. The van der Waals surface area contributed by atoms with Crippen molar-refractivity contribution < 1.29 is 8.96 Å². The Labute approximate surface area is 147 Å². The first-order valence-corrected chi connectivity index (χ1v) is 8.55. The molecule has 0 spiro atoms. The van der Waals surface area contributed by atoms with E-state index < -0.39 is 0 Å². The topological polar surface area (TPSA) is 3.88 Å². The predicted molar refractivity (Wildman–Crippen MR) is 102 cm³/mol. The van der Waals surface area contributed by atoms with Crippen LogP contribution in [0, 0.1) is 26.6 Å². The molecule has 0 saturated heterocycles. The molecule has 3 aromatic carbocycles. The highest BCUT2D eigenvalue weighted by atomic mass is 19.1. The lowest BCUT2D eigenvalue weighted by Gasteiger charge is -2.13. The van der Waals surface area contributed by atoms with E-state index >= 15 is 0 Å². The highest BCUT2D eigenvalue weighted by Gasteiger charge is 2.20. The van der Waals surface area contributed by atoms with Crippen LogP contribution in [0.2, 0.25) is 0 Å². The minimum Gasteiger partial charge on any atom is -0.206 e. The van der Waals surface area contributed by atoms with Gasteiger partial charge in [0.15, 0.2) is 6.20 Å². The molecule has 25 heavy (non-hydrogen) atoms. The van der Waals surface area contributed by atoms with E-state index in [1.165, 1.54) is 28.3 Å². The van der Waals surface area contributed by atoms with E-state index in [2.05, 4.69) is 56.8 Å². The maximum atomic E-state index is 14.3. The first-order valence-electron chi connectivity index (χ1n) is 8.55. The van der Waals surface area contributed by atoms with Gasteiger partial charge in [0.25, 0.3) is 0 Å². The second-order valence-electron chi connectivity index (χ2n) is 6.89. The Kier molecular flexibility index (Phi) is 3.57. The molecule has 0 bridgehead atoms. The summed E-state index contributed by atoms with van der Waals surface area (Å²) in [4.78, 5) is 0. The summed E-state index contributed by atoms with van der Waals surface area (Å²) in [5, 5.41) is 3.87. The van der Waals surface area contributed by atoms with Crippen LogP contribution in [0.3, 0.4) is 0 Å². The number of aryl methyl sites for hydroxylation is 3. The molecule has 124 valence electrons. The van der Waals surface area contributed by atoms with E-state index in [0.29, 0.717) is 5.39 Å². The summed E-state index contributed by atoms with van der Waals surface area (Å²) in [6, 6.07) is 15.8. The smallest absolute Gasteiger partial charge is 0.206 e. The summed E-state index contributed by atoms with van der Waals surface area (Å²) >= 11 is 0. The molecule has 0 atom stereocenters. The number of halogens is 1. The summed E-state index contributed by atoms with van der Waals surface area (Å²) in [6.45, 7) is 6.43. The van der Waals surface area contributed by atoms with Crippen LogP contribution in [0.25, 0.3) is 32.8 Å². The van der Waals surface area contributed by atoms with Gasteiger partial charge in [-0.2, -0.15) is 0 Å². The number of pyridine rings is 1. The molecule has 0 aliphatic carbocycles. The zero-order chi connectivity index (χ0) is 17.7. The maximum absolute atomic E-state index is 14.3. The molecule has 0 aliphatic heterocycles. The monoisotopic (exact) mass is 330 g/mol. The summed E-state index contributed by atoms with van der Waals surface area (Å²) in [5.74, 6) is -0.172. The quantitative estimate of drug-likeness (QED) is 0.318. The van der Waals surface area contributed by atoms with E-state index in [1.807, 2.05) is 18.2 Å². The van der Waals surface area contributed by atoms with Crippen molar-refractivity contribution in [2.75, 3.05) is 0 Å². The minimum atomic E-state index is -0.172. The Morgan fingerprint density at radius 2 is 1.68 bits per heavy atom. The van der Waals surface area contributed by atoms with Crippen molar-refractivity contribution in [1.29, 1.82) is 0 Å². The third-order valence-electron chi connectivity index (χ3n) is 5.17. The largest absolute Gasteiger partial charge is 0.221 e. The van der Waals surface area contributed by atoms with E-state index in [-0.39, 0.29) is 5.82 Å². The van der Waals surface area contributed by atoms with Gasteiger partial charge >= 0.3 is 0 Å². The van der Waals surface area contributed by atoms with E-state index in [9.17, 15) is 4.39 Å². The number of hydrogen-bond acceptors (Lipinski definition) is 0. The van der Waals surface area contributed by atoms with Crippen molar-refractivity contribution in [2.45, 2.75) is 20.8 Å². The van der Waals surface area contributed by atoms with E-state index in [4.69, 9.17) is 0 Å². The Morgan fingerprint density at radius 3 is 2.48 bits per heavy atom. The van der Waals surface area contributed by atoms with Gasteiger partial charge in [-0.05, 0) is 54.8 Å². The van der Waals surface area contributed by atoms with Gasteiger partial charge in [0.1, 0.15) is 12.9 Å². The lowest BCUT2D eigenvalue weighted by molar-refractivity contribution is -0.659. The lowest BCUT2D eigenvalue weighted by Crippen LogP contribution is -2.31. The summed E-state index contributed by atoms with van der Waals surface area (Å²) < 4.78 is 16.5. The fourth-order valence-electron chi connectivity index (χ4n) is 3.79. The maximum Gasteiger partial charge on any atom is 0.221 e. The Balaban J connectivity index is 2.25. The number of benzene rings is 3. The summed E-state index contributed by atoms with van der Waals surface area (Å²) in [7, 11) is 2.06. The molecule has 0 amide bonds. The normalized spacial score (nSPS) is 11.4. The van der Waals surface area contributed by atoms with Gasteiger partial charge in [0, 0.05) is 11.5 Å². The van der Waals surface area contributed by atoms with Crippen molar-refractivity contribution in [3.05, 3.63) is 77.2 Å². The van der Waals surface area contributed by atoms with Crippen LogP contribution in [-0.4, -0.2) is 0 Å². The third-order valence-corrected chi connectivity index (χ3v) is 5.17. The van der Waals surface area contributed by atoms with Gasteiger partial charge < -0.3 is 0 Å². The average molecular weight is 330 g/mol. The molecule has 1 nitrogen and oxygen atoms in total. The van der Waals surface area contributed by atoms with Gasteiger partial charge in [-0.1, -0.05) is 35.9 Å². The Hall–Kier alpha value is -2.74. The molecule has 0 aliphatic rings.